The number of hydrogen-bond acceptors (Lipinski definition) is 2. The fraction of sp³-hybridized carbons (Fsp3) is 0.333. The van der Waals surface area contributed by atoms with Gasteiger partial charge in [0, 0.05) is 18.3 Å². The minimum Gasteiger partial charge on any atom is -0.294 e. The maximum absolute atomic E-state index is 12.3. The first-order chi connectivity index (χ1) is 9.02. The molecule has 0 amide bonds. The molecule has 0 aliphatic heterocycles. The van der Waals surface area contributed by atoms with E-state index in [1.54, 1.807) is 10.7 Å². The third-order valence-electron chi connectivity index (χ3n) is 3.22. The predicted molar refractivity (Wildman–Crippen MR) is 76.8 cm³/mol. The quantitative estimate of drug-likeness (QED) is 0.803. The van der Waals surface area contributed by atoms with Crippen molar-refractivity contribution >= 4 is 17.4 Å². The van der Waals surface area contributed by atoms with Crippen molar-refractivity contribution < 1.29 is 4.79 Å². The number of Topliss-reactive ketones (excluding diaryl/α,β-unsaturated/α-hetero) is 1. The van der Waals surface area contributed by atoms with Gasteiger partial charge in [0.15, 0.2) is 5.78 Å². The molecular weight excluding hydrogens is 260 g/mol. The van der Waals surface area contributed by atoms with Gasteiger partial charge in [0.2, 0.25) is 0 Å². The summed E-state index contributed by atoms with van der Waals surface area (Å²) in [6, 6.07) is 7.50. The molecule has 3 nitrogen and oxygen atoms in total. The highest BCUT2D eigenvalue weighted by molar-refractivity contribution is 6.34. The van der Waals surface area contributed by atoms with Crippen LogP contribution in [0.5, 0.6) is 0 Å². The van der Waals surface area contributed by atoms with Crippen molar-refractivity contribution in [2.45, 2.75) is 26.7 Å². The van der Waals surface area contributed by atoms with Crippen molar-refractivity contribution in [3.8, 4) is 0 Å². The Hall–Kier alpha value is -1.61. The van der Waals surface area contributed by atoms with E-state index < -0.39 is 0 Å². The fourth-order valence-corrected chi connectivity index (χ4v) is 2.26. The van der Waals surface area contributed by atoms with Gasteiger partial charge in [-0.25, -0.2) is 0 Å². The monoisotopic (exact) mass is 276 g/mol. The Bertz CT molecular complexity index is 617. The number of nitrogens with zero attached hydrogens (tertiary/aromatic N) is 2. The molecule has 0 radical (unpaired) electrons. The number of halogens is 1. The maximum Gasteiger partial charge on any atom is 0.170 e. The summed E-state index contributed by atoms with van der Waals surface area (Å²) in [5, 5.41) is 4.89. The molecule has 100 valence electrons. The topological polar surface area (TPSA) is 34.9 Å². The van der Waals surface area contributed by atoms with E-state index in [0.717, 1.165) is 23.4 Å². The summed E-state index contributed by atoms with van der Waals surface area (Å²) in [7, 11) is 1.86. The smallest absolute Gasteiger partial charge is 0.170 e. The lowest BCUT2D eigenvalue weighted by atomic mass is 10.0. The molecule has 0 bridgehead atoms. The van der Waals surface area contributed by atoms with Crippen LogP contribution in [0, 0.1) is 6.92 Å². The van der Waals surface area contributed by atoms with Crippen LogP contribution in [0.4, 0.5) is 0 Å². The number of rotatable bonds is 4. The summed E-state index contributed by atoms with van der Waals surface area (Å²) in [5.74, 6) is 0.0272. The van der Waals surface area contributed by atoms with Crippen LogP contribution in [0.2, 0.25) is 5.02 Å². The zero-order chi connectivity index (χ0) is 14.0. The maximum atomic E-state index is 12.3. The van der Waals surface area contributed by atoms with E-state index in [-0.39, 0.29) is 5.78 Å². The molecule has 0 atom stereocenters. The summed E-state index contributed by atoms with van der Waals surface area (Å²) < 4.78 is 1.76. The predicted octanol–water partition coefficient (Wildman–Crippen LogP) is 3.37. The third-order valence-corrected chi connectivity index (χ3v) is 3.73. The van der Waals surface area contributed by atoms with E-state index >= 15 is 0 Å². The highest BCUT2D eigenvalue weighted by Gasteiger charge is 2.14. The molecule has 2 rings (SSSR count). The number of carbonyl (C=O) groups is 1. The first-order valence-electron chi connectivity index (χ1n) is 6.33. The fourth-order valence-electron chi connectivity index (χ4n) is 2.03. The molecule has 0 spiro atoms. The molecule has 0 saturated carbocycles. The van der Waals surface area contributed by atoms with Gasteiger partial charge in [-0.3, -0.25) is 9.48 Å². The van der Waals surface area contributed by atoms with Crippen molar-refractivity contribution in [3.05, 3.63) is 51.8 Å². The average molecular weight is 277 g/mol. The van der Waals surface area contributed by atoms with Crippen LogP contribution < -0.4 is 0 Å². The number of hydrogen-bond donors (Lipinski definition) is 0. The molecule has 0 aliphatic carbocycles. The molecular formula is C15H17ClN2O. The van der Waals surface area contributed by atoms with Crippen LogP contribution in [0.25, 0.3) is 0 Å². The highest BCUT2D eigenvalue weighted by Crippen LogP contribution is 2.22. The Labute approximate surface area is 118 Å². The Morgan fingerprint density at radius 1 is 1.42 bits per heavy atom. The Morgan fingerprint density at radius 2 is 2.16 bits per heavy atom. The second-order valence-electron chi connectivity index (χ2n) is 4.64. The number of ketones is 1. The number of carbonyl (C=O) groups excluding carboxylic acids is 1. The molecule has 0 unspecified atom stereocenters. The molecule has 1 aromatic heterocycles. The van der Waals surface area contributed by atoms with Gasteiger partial charge in [0.1, 0.15) is 0 Å². The first kappa shape index (κ1) is 13.8. The van der Waals surface area contributed by atoms with Crippen LogP contribution in [0.1, 0.15) is 34.2 Å². The molecule has 2 aromatic rings. The number of benzene rings is 1. The molecule has 19 heavy (non-hydrogen) atoms. The van der Waals surface area contributed by atoms with E-state index in [9.17, 15) is 4.79 Å². The molecule has 4 heteroatoms. The molecule has 0 N–H and O–H groups in total. The van der Waals surface area contributed by atoms with Gasteiger partial charge in [0.05, 0.1) is 17.1 Å². The summed E-state index contributed by atoms with van der Waals surface area (Å²) >= 11 is 6.18. The standard InChI is InChI=1S/C15H17ClN2O/c1-4-11-8-12(18(3)17-11)9-14(19)13-7-5-6-10(2)15(13)16/h5-8H,4,9H2,1-3H3. The van der Waals surface area contributed by atoms with E-state index in [1.807, 2.05) is 39.1 Å². The minimum atomic E-state index is 0.0272. The van der Waals surface area contributed by atoms with Gasteiger partial charge in [0.25, 0.3) is 0 Å². The van der Waals surface area contributed by atoms with Crippen molar-refractivity contribution in [1.29, 1.82) is 0 Å². The lowest BCUT2D eigenvalue weighted by molar-refractivity contribution is 0.0991. The van der Waals surface area contributed by atoms with Gasteiger partial charge in [-0.2, -0.15) is 5.10 Å². The van der Waals surface area contributed by atoms with Crippen LogP contribution in [-0.2, 0) is 19.9 Å². The number of aromatic nitrogens is 2. The van der Waals surface area contributed by atoms with E-state index in [1.165, 1.54) is 0 Å². The largest absolute Gasteiger partial charge is 0.294 e. The van der Waals surface area contributed by atoms with Gasteiger partial charge in [-0.05, 0) is 31.0 Å². The minimum absolute atomic E-state index is 0.0272. The Kier molecular flexibility index (Phi) is 4.05. The molecule has 0 saturated heterocycles. The molecule has 1 aromatic carbocycles. The average Bonchev–Trinajstić information content (AvgIpc) is 2.73. The first-order valence-corrected chi connectivity index (χ1v) is 6.70. The summed E-state index contributed by atoms with van der Waals surface area (Å²) in [6.07, 6.45) is 1.19. The summed E-state index contributed by atoms with van der Waals surface area (Å²) in [5.41, 5.74) is 3.42. The zero-order valence-electron chi connectivity index (χ0n) is 11.4. The van der Waals surface area contributed by atoms with Crippen LogP contribution in [-0.4, -0.2) is 15.6 Å². The second-order valence-corrected chi connectivity index (χ2v) is 5.02. The van der Waals surface area contributed by atoms with Crippen LogP contribution in [0.15, 0.2) is 24.3 Å². The van der Waals surface area contributed by atoms with Crippen molar-refractivity contribution in [3.63, 3.8) is 0 Å². The van der Waals surface area contributed by atoms with Crippen molar-refractivity contribution in [1.82, 2.24) is 9.78 Å². The normalized spacial score (nSPS) is 10.7. The molecule has 0 aliphatic rings. The van der Waals surface area contributed by atoms with Gasteiger partial charge in [-0.15, -0.1) is 0 Å². The lowest BCUT2D eigenvalue weighted by Gasteiger charge is -2.06. The van der Waals surface area contributed by atoms with E-state index in [4.69, 9.17) is 11.6 Å². The summed E-state index contributed by atoms with van der Waals surface area (Å²) in [6.45, 7) is 3.95. The van der Waals surface area contributed by atoms with Crippen molar-refractivity contribution in [2.24, 2.45) is 7.05 Å². The van der Waals surface area contributed by atoms with Crippen molar-refractivity contribution in [2.75, 3.05) is 0 Å². The van der Waals surface area contributed by atoms with Crippen LogP contribution >= 0.6 is 11.6 Å². The Balaban J connectivity index is 2.25. The zero-order valence-corrected chi connectivity index (χ0v) is 12.2. The van der Waals surface area contributed by atoms with Gasteiger partial charge in [-0.1, -0.05) is 30.7 Å². The molecule has 1 heterocycles. The third kappa shape index (κ3) is 2.87. The number of aryl methyl sites for hydroxylation is 3. The molecule has 0 fully saturated rings. The van der Waals surface area contributed by atoms with Gasteiger partial charge >= 0.3 is 0 Å². The SMILES string of the molecule is CCc1cc(CC(=O)c2cccc(C)c2Cl)n(C)n1. The second kappa shape index (κ2) is 5.57. The van der Waals surface area contributed by atoms with E-state index in [0.29, 0.717) is 17.0 Å². The van der Waals surface area contributed by atoms with Crippen LogP contribution in [0.3, 0.4) is 0 Å². The van der Waals surface area contributed by atoms with Gasteiger partial charge < -0.3 is 0 Å². The highest BCUT2D eigenvalue weighted by atomic mass is 35.5. The van der Waals surface area contributed by atoms with E-state index in [2.05, 4.69) is 5.10 Å². The summed E-state index contributed by atoms with van der Waals surface area (Å²) in [4.78, 5) is 12.3. The Morgan fingerprint density at radius 3 is 2.79 bits per heavy atom. The lowest BCUT2D eigenvalue weighted by Crippen LogP contribution is -2.08.